The zero-order valence-electron chi connectivity index (χ0n) is 16.6. The van der Waals surface area contributed by atoms with E-state index in [1.54, 1.807) is 24.3 Å². The molecule has 0 aliphatic heterocycles. The molecular formula is C24H27Cl2NO2. The molecule has 29 heavy (non-hydrogen) atoms. The van der Waals surface area contributed by atoms with Crippen LogP contribution in [0.3, 0.4) is 0 Å². The summed E-state index contributed by atoms with van der Waals surface area (Å²) in [6.45, 7) is 7.39. The van der Waals surface area contributed by atoms with E-state index in [0.717, 1.165) is 6.42 Å². The summed E-state index contributed by atoms with van der Waals surface area (Å²) in [7, 11) is 0. The number of carbonyl (C=O) groups excluding carboxylic acids is 1. The third kappa shape index (κ3) is 11.8. The van der Waals surface area contributed by atoms with Gasteiger partial charge in [-0.05, 0) is 31.0 Å². The van der Waals surface area contributed by atoms with Crippen LogP contribution in [0.2, 0.25) is 10.0 Å². The lowest BCUT2D eigenvalue weighted by molar-refractivity contribution is 0.0954. The van der Waals surface area contributed by atoms with E-state index in [1.165, 1.54) is 5.56 Å². The zero-order chi connectivity index (χ0) is 21.9. The second kappa shape index (κ2) is 17.6. The fourth-order valence-electron chi connectivity index (χ4n) is 2.04. The van der Waals surface area contributed by atoms with Crippen molar-refractivity contribution in [3.05, 3.63) is 94.5 Å². The topological polar surface area (TPSA) is 38.3 Å². The van der Waals surface area contributed by atoms with Crippen LogP contribution in [0.5, 0.6) is 0 Å². The summed E-state index contributed by atoms with van der Waals surface area (Å²) >= 11 is 11.7. The Bertz CT molecular complexity index is 771. The molecule has 0 aliphatic rings. The van der Waals surface area contributed by atoms with Crippen molar-refractivity contribution in [3.8, 4) is 12.8 Å². The number of rotatable bonds is 8. The standard InChI is InChI=1S/C12H13Cl2NO.C10H12O.C2H2/c1-2-3-4-8-15-12(16)9-6-5-7-10(13)11(9)14;1-2-8-11-9-10-6-4-3-5-7-10;1-2/h2-3,5-7H,4,8H2,1H3,(H,15,16);2-7H,1,8-9H2;1-2H/b3-2-;;. The van der Waals surface area contributed by atoms with E-state index in [2.05, 4.69) is 24.7 Å². The van der Waals surface area contributed by atoms with E-state index in [0.29, 0.717) is 35.4 Å². The van der Waals surface area contributed by atoms with Gasteiger partial charge in [0.2, 0.25) is 0 Å². The first-order valence-electron chi connectivity index (χ1n) is 8.99. The Kier molecular flexibility index (Phi) is 16.1. The number of hydrogen-bond donors (Lipinski definition) is 1. The van der Waals surface area contributed by atoms with E-state index in [9.17, 15) is 4.79 Å². The molecule has 0 heterocycles. The van der Waals surface area contributed by atoms with Crippen LogP contribution in [0.1, 0.15) is 29.3 Å². The molecule has 0 saturated heterocycles. The predicted molar refractivity (Wildman–Crippen MR) is 124 cm³/mol. The summed E-state index contributed by atoms with van der Waals surface area (Å²) in [5, 5.41) is 3.46. The number of nitrogens with one attached hydrogen (secondary N) is 1. The van der Waals surface area contributed by atoms with Gasteiger partial charge in [0.05, 0.1) is 28.8 Å². The Morgan fingerprint density at radius 3 is 2.45 bits per heavy atom. The fraction of sp³-hybridized carbons (Fsp3) is 0.208. The smallest absolute Gasteiger partial charge is 0.252 e. The molecule has 0 aromatic heterocycles. The molecule has 0 atom stereocenters. The summed E-state index contributed by atoms with van der Waals surface area (Å²) in [5.41, 5.74) is 1.61. The van der Waals surface area contributed by atoms with Gasteiger partial charge < -0.3 is 10.1 Å². The number of amides is 1. The van der Waals surface area contributed by atoms with E-state index < -0.39 is 0 Å². The summed E-state index contributed by atoms with van der Waals surface area (Å²) < 4.78 is 5.25. The van der Waals surface area contributed by atoms with Crippen molar-refractivity contribution in [1.29, 1.82) is 0 Å². The van der Waals surface area contributed by atoms with Gasteiger partial charge in [0.15, 0.2) is 0 Å². The van der Waals surface area contributed by atoms with Crippen molar-refractivity contribution < 1.29 is 9.53 Å². The molecule has 0 unspecified atom stereocenters. The largest absolute Gasteiger partial charge is 0.373 e. The van der Waals surface area contributed by atoms with Gasteiger partial charge in [-0.15, -0.1) is 19.4 Å². The van der Waals surface area contributed by atoms with Crippen molar-refractivity contribution in [2.75, 3.05) is 13.2 Å². The number of hydrogen-bond acceptors (Lipinski definition) is 2. The molecule has 2 aromatic rings. The number of carbonyl (C=O) groups is 1. The fourth-order valence-corrected chi connectivity index (χ4v) is 2.43. The van der Waals surface area contributed by atoms with E-state index >= 15 is 0 Å². The van der Waals surface area contributed by atoms with Crippen molar-refractivity contribution in [2.45, 2.75) is 20.0 Å². The van der Waals surface area contributed by atoms with Crippen LogP contribution in [-0.2, 0) is 11.3 Å². The molecule has 0 fully saturated rings. The maximum absolute atomic E-state index is 11.7. The van der Waals surface area contributed by atoms with Gasteiger partial charge in [-0.2, -0.15) is 0 Å². The molecule has 2 rings (SSSR count). The number of halogens is 2. The predicted octanol–water partition coefficient (Wildman–Crippen LogP) is 6.33. The van der Waals surface area contributed by atoms with Crippen LogP contribution in [0.25, 0.3) is 0 Å². The average Bonchev–Trinajstić information content (AvgIpc) is 2.76. The normalized spacial score (nSPS) is 9.55. The van der Waals surface area contributed by atoms with Crippen molar-refractivity contribution in [1.82, 2.24) is 5.32 Å². The van der Waals surface area contributed by atoms with Gasteiger partial charge in [-0.3, -0.25) is 4.79 Å². The second-order valence-corrected chi connectivity index (χ2v) is 6.29. The molecule has 0 saturated carbocycles. The molecule has 2 aromatic carbocycles. The highest BCUT2D eigenvalue weighted by atomic mass is 35.5. The highest BCUT2D eigenvalue weighted by molar-refractivity contribution is 6.43. The number of ether oxygens (including phenoxy) is 1. The van der Waals surface area contributed by atoms with E-state index in [4.69, 9.17) is 27.9 Å². The Morgan fingerprint density at radius 2 is 1.83 bits per heavy atom. The van der Waals surface area contributed by atoms with Crippen molar-refractivity contribution >= 4 is 29.1 Å². The lowest BCUT2D eigenvalue weighted by Gasteiger charge is -2.06. The van der Waals surface area contributed by atoms with Crippen LogP contribution in [0, 0.1) is 12.8 Å². The van der Waals surface area contributed by atoms with Crippen molar-refractivity contribution in [2.24, 2.45) is 0 Å². The Balaban J connectivity index is 0.000000526. The van der Waals surface area contributed by atoms with Crippen LogP contribution in [-0.4, -0.2) is 19.1 Å². The minimum absolute atomic E-state index is 0.197. The maximum atomic E-state index is 11.7. The highest BCUT2D eigenvalue weighted by Gasteiger charge is 2.11. The first kappa shape index (κ1) is 26.5. The van der Waals surface area contributed by atoms with Crippen molar-refractivity contribution in [3.63, 3.8) is 0 Å². The van der Waals surface area contributed by atoms with Gasteiger partial charge in [-0.1, -0.05) is 77.8 Å². The molecule has 5 heteroatoms. The monoisotopic (exact) mass is 431 g/mol. The molecule has 0 bridgehead atoms. The minimum atomic E-state index is -0.197. The average molecular weight is 432 g/mol. The molecule has 1 N–H and O–H groups in total. The Hall–Kier alpha value is -2.51. The Morgan fingerprint density at radius 1 is 1.14 bits per heavy atom. The third-order valence-corrected chi connectivity index (χ3v) is 4.19. The van der Waals surface area contributed by atoms with Gasteiger partial charge in [0, 0.05) is 6.54 Å². The second-order valence-electron chi connectivity index (χ2n) is 5.50. The molecule has 0 radical (unpaired) electrons. The third-order valence-electron chi connectivity index (χ3n) is 3.38. The number of benzene rings is 2. The quantitative estimate of drug-likeness (QED) is 0.301. The van der Waals surface area contributed by atoms with E-state index in [1.807, 2.05) is 49.4 Å². The van der Waals surface area contributed by atoms with Gasteiger partial charge in [0.1, 0.15) is 0 Å². The van der Waals surface area contributed by atoms with Gasteiger partial charge in [0.25, 0.3) is 5.91 Å². The number of terminal acetylenes is 1. The Labute approximate surface area is 184 Å². The molecule has 0 aliphatic carbocycles. The van der Waals surface area contributed by atoms with Crippen LogP contribution in [0.4, 0.5) is 0 Å². The number of allylic oxidation sites excluding steroid dienone is 1. The molecule has 3 nitrogen and oxygen atoms in total. The molecular weight excluding hydrogens is 405 g/mol. The maximum Gasteiger partial charge on any atom is 0.252 e. The molecule has 1 amide bonds. The van der Waals surface area contributed by atoms with Gasteiger partial charge >= 0.3 is 0 Å². The van der Waals surface area contributed by atoms with Gasteiger partial charge in [-0.25, -0.2) is 0 Å². The van der Waals surface area contributed by atoms with Crippen LogP contribution < -0.4 is 5.32 Å². The van der Waals surface area contributed by atoms with Crippen LogP contribution >= 0.6 is 23.2 Å². The summed E-state index contributed by atoms with van der Waals surface area (Å²) in [6.07, 6.45) is 14.5. The van der Waals surface area contributed by atoms with E-state index in [-0.39, 0.29) is 5.91 Å². The lowest BCUT2D eigenvalue weighted by atomic mass is 10.2. The highest BCUT2D eigenvalue weighted by Crippen LogP contribution is 2.25. The van der Waals surface area contributed by atoms with Crippen LogP contribution in [0.15, 0.2) is 73.3 Å². The molecule has 154 valence electrons. The SMILES string of the molecule is C#C.C/C=C\CCNC(=O)c1cccc(Cl)c1Cl.C=CCOCc1ccccc1. The first-order valence-corrected chi connectivity index (χ1v) is 9.75. The minimum Gasteiger partial charge on any atom is -0.373 e. The molecule has 0 spiro atoms. The summed E-state index contributed by atoms with van der Waals surface area (Å²) in [5.74, 6) is -0.197. The summed E-state index contributed by atoms with van der Waals surface area (Å²) in [4.78, 5) is 11.7. The summed E-state index contributed by atoms with van der Waals surface area (Å²) in [6, 6.07) is 15.1. The zero-order valence-corrected chi connectivity index (χ0v) is 18.1. The lowest BCUT2D eigenvalue weighted by Crippen LogP contribution is -2.24. The first-order chi connectivity index (χ1) is 14.1.